The number of fused-ring (bicyclic) bond motifs is 6. The van der Waals surface area contributed by atoms with Gasteiger partial charge < -0.3 is 9.13 Å². The molecule has 2 heteroatoms. The van der Waals surface area contributed by atoms with Gasteiger partial charge in [0.2, 0.25) is 0 Å². The highest BCUT2D eigenvalue weighted by atomic mass is 15.0. The summed E-state index contributed by atoms with van der Waals surface area (Å²) in [5.41, 5.74) is 16.9. The van der Waals surface area contributed by atoms with Crippen molar-refractivity contribution < 1.29 is 0 Å². The van der Waals surface area contributed by atoms with E-state index in [-0.39, 0.29) is 0 Å². The van der Waals surface area contributed by atoms with Crippen LogP contribution in [0.2, 0.25) is 0 Å². The molecule has 0 aliphatic heterocycles. The van der Waals surface area contributed by atoms with Gasteiger partial charge in [-0.25, -0.2) is 0 Å². The Morgan fingerprint density at radius 3 is 1.07 bits per heavy atom. The summed E-state index contributed by atoms with van der Waals surface area (Å²) in [6.07, 6.45) is 0. The van der Waals surface area contributed by atoms with E-state index in [9.17, 15) is 0 Å². The largest absolute Gasteiger partial charge is 0.309 e. The molecule has 56 heavy (non-hydrogen) atoms. The second-order valence-corrected chi connectivity index (χ2v) is 14.6. The van der Waals surface area contributed by atoms with Crippen molar-refractivity contribution in [1.29, 1.82) is 0 Å². The van der Waals surface area contributed by atoms with Gasteiger partial charge in [-0.15, -0.1) is 0 Å². The fourth-order valence-electron chi connectivity index (χ4n) is 8.61. The van der Waals surface area contributed by atoms with Crippen molar-refractivity contribution in [2.75, 3.05) is 0 Å². The normalized spacial score (nSPS) is 11.6. The van der Waals surface area contributed by atoms with Gasteiger partial charge in [0.05, 0.1) is 22.1 Å². The number of hydrogen-bond donors (Lipinski definition) is 0. The van der Waals surface area contributed by atoms with Gasteiger partial charge in [0.1, 0.15) is 0 Å². The van der Waals surface area contributed by atoms with Crippen LogP contribution in [0.1, 0.15) is 0 Å². The van der Waals surface area contributed by atoms with Gasteiger partial charge in [-0.2, -0.15) is 0 Å². The Bertz CT molecular complexity index is 3200. The molecule has 0 radical (unpaired) electrons. The Morgan fingerprint density at radius 1 is 0.196 bits per heavy atom. The number of benzene rings is 9. The molecular formula is C54H36N2. The molecular weight excluding hydrogens is 677 g/mol. The van der Waals surface area contributed by atoms with Crippen molar-refractivity contribution >= 4 is 43.6 Å². The highest BCUT2D eigenvalue weighted by Crippen LogP contribution is 2.39. The fourth-order valence-corrected chi connectivity index (χ4v) is 8.61. The molecule has 0 fully saturated rings. The third-order valence-electron chi connectivity index (χ3n) is 11.3. The predicted molar refractivity (Wildman–Crippen MR) is 237 cm³/mol. The van der Waals surface area contributed by atoms with E-state index in [2.05, 4.69) is 228 Å². The van der Waals surface area contributed by atoms with Crippen LogP contribution in [-0.2, 0) is 0 Å². The van der Waals surface area contributed by atoms with Crippen LogP contribution >= 0.6 is 0 Å². The Labute approximate surface area is 325 Å². The first-order valence-electron chi connectivity index (χ1n) is 19.3. The molecule has 0 atom stereocenters. The monoisotopic (exact) mass is 712 g/mol. The minimum Gasteiger partial charge on any atom is -0.309 e. The number of rotatable bonds is 6. The zero-order chi connectivity index (χ0) is 37.0. The lowest BCUT2D eigenvalue weighted by Gasteiger charge is -2.11. The second kappa shape index (κ2) is 13.2. The molecule has 2 nitrogen and oxygen atoms in total. The summed E-state index contributed by atoms with van der Waals surface area (Å²) in [6.45, 7) is 0. The van der Waals surface area contributed by atoms with Crippen LogP contribution in [0.4, 0.5) is 0 Å². The Kier molecular flexibility index (Phi) is 7.53. The van der Waals surface area contributed by atoms with E-state index in [0.29, 0.717) is 0 Å². The maximum absolute atomic E-state index is 2.40. The van der Waals surface area contributed by atoms with E-state index in [1.165, 1.54) is 93.8 Å². The predicted octanol–water partition coefficient (Wildman–Crippen LogP) is 14.5. The third-order valence-corrected chi connectivity index (χ3v) is 11.3. The molecule has 11 aromatic rings. The highest BCUT2D eigenvalue weighted by Gasteiger charge is 2.16. The average molecular weight is 713 g/mol. The van der Waals surface area contributed by atoms with Gasteiger partial charge in [0.25, 0.3) is 0 Å². The summed E-state index contributed by atoms with van der Waals surface area (Å²) < 4.78 is 4.78. The zero-order valence-corrected chi connectivity index (χ0v) is 30.7. The smallest absolute Gasteiger partial charge is 0.0541 e. The summed E-state index contributed by atoms with van der Waals surface area (Å²) in [7, 11) is 0. The maximum Gasteiger partial charge on any atom is 0.0541 e. The average Bonchev–Trinajstić information content (AvgIpc) is 3.79. The summed E-state index contributed by atoms with van der Waals surface area (Å²) in [4.78, 5) is 0. The van der Waals surface area contributed by atoms with E-state index >= 15 is 0 Å². The number of nitrogens with zero attached hydrogens (tertiary/aromatic N) is 2. The van der Waals surface area contributed by atoms with Crippen LogP contribution in [0.15, 0.2) is 218 Å². The SMILES string of the molecule is c1ccc(-c2ccc(-c3cccc(-c4ccc(-n5c6ccccc6c6cc(-c7ccc8c(c7)c7ccccc7n8-c7ccccc7)ccc65)cc4)c3)cc2)cc1. The molecule has 0 unspecified atom stereocenters. The summed E-state index contributed by atoms with van der Waals surface area (Å²) in [5.74, 6) is 0. The van der Waals surface area contributed by atoms with Crippen LogP contribution in [0.3, 0.4) is 0 Å². The van der Waals surface area contributed by atoms with Crippen LogP contribution < -0.4 is 0 Å². The first-order valence-corrected chi connectivity index (χ1v) is 19.3. The van der Waals surface area contributed by atoms with Crippen molar-refractivity contribution in [1.82, 2.24) is 9.13 Å². The topological polar surface area (TPSA) is 9.86 Å². The molecule has 0 amide bonds. The molecule has 11 rings (SSSR count). The molecule has 262 valence electrons. The van der Waals surface area contributed by atoms with Crippen molar-refractivity contribution in [3.05, 3.63) is 218 Å². The Balaban J connectivity index is 0.950. The van der Waals surface area contributed by atoms with E-state index in [1.807, 2.05) is 0 Å². The van der Waals surface area contributed by atoms with Gasteiger partial charge in [0.15, 0.2) is 0 Å². The van der Waals surface area contributed by atoms with E-state index in [4.69, 9.17) is 0 Å². The lowest BCUT2D eigenvalue weighted by molar-refractivity contribution is 1.18. The lowest BCUT2D eigenvalue weighted by Crippen LogP contribution is -1.94. The summed E-state index contributed by atoms with van der Waals surface area (Å²) in [6, 6.07) is 79.3. The molecule has 2 aromatic heterocycles. The van der Waals surface area contributed by atoms with Gasteiger partial charge in [-0.05, 0) is 111 Å². The number of para-hydroxylation sites is 3. The van der Waals surface area contributed by atoms with Crippen molar-refractivity contribution in [3.63, 3.8) is 0 Å². The first kappa shape index (κ1) is 32.0. The minimum atomic E-state index is 1.15. The standard InChI is InChI=1S/C54H36N2/c1-3-12-37(13-4-1)38-22-24-39(25-23-38)41-14-11-15-42(34-41)40-26-30-46(31-27-40)56-52-21-10-8-19-48(52)50-36-44(29-33-54(50)56)43-28-32-53-49(35-43)47-18-7-9-20-51(47)55(53)45-16-5-2-6-17-45/h1-36H. The fraction of sp³-hybridized carbons (Fsp3) is 0. The zero-order valence-electron chi connectivity index (χ0n) is 30.7. The molecule has 0 saturated heterocycles. The molecule has 2 heterocycles. The van der Waals surface area contributed by atoms with Crippen LogP contribution in [0, 0.1) is 0 Å². The maximum atomic E-state index is 2.40. The number of hydrogen-bond acceptors (Lipinski definition) is 0. The second-order valence-electron chi connectivity index (χ2n) is 14.6. The Hall–Kier alpha value is -7.42. The van der Waals surface area contributed by atoms with Crippen LogP contribution in [-0.4, -0.2) is 9.13 Å². The van der Waals surface area contributed by atoms with Gasteiger partial charge in [-0.3, -0.25) is 0 Å². The van der Waals surface area contributed by atoms with Crippen molar-refractivity contribution in [2.45, 2.75) is 0 Å². The minimum absolute atomic E-state index is 1.15. The molecule has 0 saturated carbocycles. The van der Waals surface area contributed by atoms with E-state index in [0.717, 1.165) is 5.69 Å². The quantitative estimate of drug-likeness (QED) is 0.162. The van der Waals surface area contributed by atoms with E-state index in [1.54, 1.807) is 0 Å². The molecule has 9 aromatic carbocycles. The molecule has 0 aliphatic rings. The van der Waals surface area contributed by atoms with Crippen LogP contribution in [0.25, 0.3) is 99.5 Å². The number of aromatic nitrogens is 2. The van der Waals surface area contributed by atoms with Gasteiger partial charge in [-0.1, -0.05) is 152 Å². The highest BCUT2D eigenvalue weighted by molar-refractivity contribution is 6.12. The third kappa shape index (κ3) is 5.34. The van der Waals surface area contributed by atoms with E-state index < -0.39 is 0 Å². The van der Waals surface area contributed by atoms with Crippen molar-refractivity contribution in [2.24, 2.45) is 0 Å². The van der Waals surface area contributed by atoms with Crippen molar-refractivity contribution in [3.8, 4) is 55.9 Å². The summed E-state index contributed by atoms with van der Waals surface area (Å²) in [5, 5.41) is 5.02. The first-order chi connectivity index (χ1) is 27.8. The molecule has 0 bridgehead atoms. The van der Waals surface area contributed by atoms with Gasteiger partial charge in [0, 0.05) is 32.9 Å². The van der Waals surface area contributed by atoms with Crippen LogP contribution in [0.5, 0.6) is 0 Å². The lowest BCUT2D eigenvalue weighted by atomic mass is 9.97. The molecule has 0 spiro atoms. The molecule has 0 aliphatic carbocycles. The summed E-state index contributed by atoms with van der Waals surface area (Å²) >= 11 is 0. The van der Waals surface area contributed by atoms with Gasteiger partial charge >= 0.3 is 0 Å². The Morgan fingerprint density at radius 2 is 0.536 bits per heavy atom. The molecule has 0 N–H and O–H groups in total.